The van der Waals surface area contributed by atoms with Gasteiger partial charge in [-0.3, -0.25) is 9.59 Å². The molecule has 0 spiro atoms. The Morgan fingerprint density at radius 3 is 2.23 bits per heavy atom. The highest BCUT2D eigenvalue weighted by molar-refractivity contribution is 6.40. The molecule has 1 aliphatic heterocycles. The number of nitrogens with one attached hydrogen (secondary N) is 1. The van der Waals surface area contributed by atoms with Gasteiger partial charge in [-0.25, -0.2) is 9.67 Å². The molecule has 5 rings (SSSR count). The molecule has 3 heterocycles. The van der Waals surface area contributed by atoms with Crippen molar-refractivity contribution in [2.45, 2.75) is 32.6 Å². The van der Waals surface area contributed by atoms with Gasteiger partial charge in [0.15, 0.2) is 5.65 Å². The number of fused-ring (bicyclic) bond motifs is 1. The molecule has 0 aliphatic carbocycles. The van der Waals surface area contributed by atoms with E-state index in [0.717, 1.165) is 37.3 Å². The summed E-state index contributed by atoms with van der Waals surface area (Å²) in [6.07, 6.45) is 0.757. The highest BCUT2D eigenvalue weighted by atomic mass is 35.5. The van der Waals surface area contributed by atoms with E-state index in [0.29, 0.717) is 56.1 Å². The van der Waals surface area contributed by atoms with Crippen molar-refractivity contribution < 1.29 is 4.79 Å². The maximum Gasteiger partial charge on any atom is 0.262 e. The van der Waals surface area contributed by atoms with Crippen molar-refractivity contribution in [1.29, 1.82) is 0 Å². The Labute approximate surface area is 241 Å². The standard InChI is InChI=1S/C28H29Cl3N6O2/c1-16(2)25-24-27(37(34-25)26-20(30)14-19(29)15-21(26)31)32-22(33-28(24)39)12-17-4-6-18(7-5-17)13-23(38)36-10-8-35(3)9-11-36/h4-7,14-16H,8-13H2,1-3H3,(H,32,33,39). The zero-order chi connectivity index (χ0) is 27.8. The second kappa shape index (κ2) is 11.3. The van der Waals surface area contributed by atoms with Crippen LogP contribution in [0.4, 0.5) is 0 Å². The fourth-order valence-corrected chi connectivity index (χ4v) is 5.76. The average Bonchev–Trinajstić information content (AvgIpc) is 3.25. The zero-order valence-corrected chi connectivity index (χ0v) is 24.2. The Morgan fingerprint density at radius 1 is 1.00 bits per heavy atom. The molecule has 4 aromatic rings. The van der Waals surface area contributed by atoms with Crippen LogP contribution in [0.15, 0.2) is 41.2 Å². The maximum atomic E-state index is 13.2. The first-order valence-corrected chi connectivity index (χ1v) is 13.9. The topological polar surface area (TPSA) is 87.1 Å². The number of halogens is 3. The minimum absolute atomic E-state index is 0.0338. The molecule has 11 heteroatoms. The first-order valence-electron chi connectivity index (χ1n) is 12.8. The van der Waals surface area contributed by atoms with E-state index in [-0.39, 0.29) is 17.4 Å². The molecule has 0 bridgehead atoms. The largest absolute Gasteiger partial charge is 0.340 e. The quantitative estimate of drug-likeness (QED) is 0.339. The van der Waals surface area contributed by atoms with Gasteiger partial charge < -0.3 is 14.8 Å². The fourth-order valence-electron chi connectivity index (χ4n) is 4.79. The molecule has 0 saturated carbocycles. The second-order valence-corrected chi connectivity index (χ2v) is 11.5. The highest BCUT2D eigenvalue weighted by Gasteiger charge is 2.23. The van der Waals surface area contributed by atoms with Crippen molar-refractivity contribution in [1.82, 2.24) is 29.5 Å². The van der Waals surface area contributed by atoms with E-state index in [2.05, 4.69) is 22.0 Å². The molecule has 2 aromatic carbocycles. The summed E-state index contributed by atoms with van der Waals surface area (Å²) >= 11 is 19.1. The van der Waals surface area contributed by atoms with Crippen LogP contribution >= 0.6 is 34.8 Å². The number of hydrogen-bond acceptors (Lipinski definition) is 5. The third-order valence-corrected chi connectivity index (χ3v) is 7.75. The smallest absolute Gasteiger partial charge is 0.262 e. The van der Waals surface area contributed by atoms with Crippen molar-refractivity contribution in [2.24, 2.45) is 0 Å². The molecule has 204 valence electrons. The van der Waals surface area contributed by atoms with Gasteiger partial charge in [0.05, 0.1) is 22.2 Å². The molecular weight excluding hydrogens is 559 g/mol. The second-order valence-electron chi connectivity index (χ2n) is 10.2. The Kier molecular flexibility index (Phi) is 8.01. The van der Waals surface area contributed by atoms with Gasteiger partial charge in [-0.1, -0.05) is 72.9 Å². The summed E-state index contributed by atoms with van der Waals surface area (Å²) in [6.45, 7) is 7.23. The number of likely N-dealkylation sites (N-methyl/N-ethyl adjacent to an activating group) is 1. The van der Waals surface area contributed by atoms with Gasteiger partial charge in [0, 0.05) is 37.6 Å². The molecule has 2 aromatic heterocycles. The van der Waals surface area contributed by atoms with E-state index in [9.17, 15) is 9.59 Å². The number of benzene rings is 2. The number of aromatic amines is 1. The summed E-state index contributed by atoms with van der Waals surface area (Å²) in [5.74, 6) is 0.584. The third-order valence-electron chi connectivity index (χ3n) is 6.96. The monoisotopic (exact) mass is 586 g/mol. The first-order chi connectivity index (χ1) is 18.6. The Hall–Kier alpha value is -2.91. The number of hydrogen-bond donors (Lipinski definition) is 1. The van der Waals surface area contributed by atoms with E-state index in [4.69, 9.17) is 39.8 Å². The molecule has 0 atom stereocenters. The van der Waals surface area contributed by atoms with Crippen molar-refractivity contribution in [3.63, 3.8) is 0 Å². The van der Waals surface area contributed by atoms with Crippen LogP contribution in [-0.4, -0.2) is 68.7 Å². The van der Waals surface area contributed by atoms with Gasteiger partial charge in [-0.15, -0.1) is 0 Å². The molecule has 8 nitrogen and oxygen atoms in total. The van der Waals surface area contributed by atoms with Crippen molar-refractivity contribution >= 4 is 51.7 Å². The molecule has 1 aliphatic rings. The van der Waals surface area contributed by atoms with Crippen molar-refractivity contribution in [2.75, 3.05) is 33.2 Å². The summed E-state index contributed by atoms with van der Waals surface area (Å²) in [7, 11) is 2.07. The predicted octanol–water partition coefficient (Wildman–Crippen LogP) is 5.10. The summed E-state index contributed by atoms with van der Waals surface area (Å²) in [5.41, 5.74) is 3.01. The first kappa shape index (κ1) is 27.6. The van der Waals surface area contributed by atoms with E-state index in [1.807, 2.05) is 43.0 Å². The minimum atomic E-state index is -0.277. The van der Waals surface area contributed by atoms with Crippen LogP contribution in [0.2, 0.25) is 15.1 Å². The molecule has 0 unspecified atom stereocenters. The Balaban J connectivity index is 1.43. The van der Waals surface area contributed by atoms with E-state index >= 15 is 0 Å². The van der Waals surface area contributed by atoms with Crippen LogP contribution in [0.5, 0.6) is 0 Å². The highest BCUT2D eigenvalue weighted by Crippen LogP contribution is 2.34. The summed E-state index contributed by atoms with van der Waals surface area (Å²) in [6, 6.07) is 11.0. The maximum absolute atomic E-state index is 13.2. The van der Waals surface area contributed by atoms with Gasteiger partial charge in [0.2, 0.25) is 5.91 Å². The van der Waals surface area contributed by atoms with E-state index in [1.54, 1.807) is 12.1 Å². The number of carbonyl (C=O) groups is 1. The van der Waals surface area contributed by atoms with Crippen LogP contribution in [0, 0.1) is 0 Å². The Bertz CT molecular complexity index is 1560. The lowest BCUT2D eigenvalue weighted by molar-refractivity contribution is -0.132. The summed E-state index contributed by atoms with van der Waals surface area (Å²) < 4.78 is 1.53. The Morgan fingerprint density at radius 2 is 1.62 bits per heavy atom. The number of carbonyl (C=O) groups excluding carboxylic acids is 1. The van der Waals surface area contributed by atoms with Gasteiger partial charge in [-0.05, 0) is 36.2 Å². The van der Waals surface area contributed by atoms with Crippen LogP contribution < -0.4 is 5.56 Å². The average molecular weight is 588 g/mol. The summed E-state index contributed by atoms with van der Waals surface area (Å²) in [5, 5.41) is 6.09. The molecule has 1 amide bonds. The normalized spacial score (nSPS) is 14.5. The lowest BCUT2D eigenvalue weighted by Crippen LogP contribution is -2.47. The van der Waals surface area contributed by atoms with E-state index < -0.39 is 0 Å². The zero-order valence-electron chi connectivity index (χ0n) is 22.0. The molecular formula is C28H29Cl3N6O2. The number of nitrogens with zero attached hydrogens (tertiary/aromatic N) is 5. The van der Waals surface area contributed by atoms with Gasteiger partial charge in [0.1, 0.15) is 16.9 Å². The molecule has 1 N–H and O–H groups in total. The summed E-state index contributed by atoms with van der Waals surface area (Å²) in [4.78, 5) is 37.8. The lowest BCUT2D eigenvalue weighted by Gasteiger charge is -2.32. The van der Waals surface area contributed by atoms with Gasteiger partial charge >= 0.3 is 0 Å². The molecule has 1 fully saturated rings. The lowest BCUT2D eigenvalue weighted by atomic mass is 10.1. The third kappa shape index (κ3) is 5.84. The van der Waals surface area contributed by atoms with Gasteiger partial charge in [0.25, 0.3) is 5.56 Å². The van der Waals surface area contributed by atoms with E-state index in [1.165, 1.54) is 4.68 Å². The number of rotatable bonds is 6. The molecule has 39 heavy (non-hydrogen) atoms. The van der Waals surface area contributed by atoms with Gasteiger partial charge in [-0.2, -0.15) is 5.10 Å². The number of amides is 1. The number of aromatic nitrogens is 4. The van der Waals surface area contributed by atoms with Crippen LogP contribution in [0.1, 0.15) is 42.4 Å². The van der Waals surface area contributed by atoms with Crippen LogP contribution in [-0.2, 0) is 17.6 Å². The SMILES string of the molecule is CC(C)c1nn(-c2c(Cl)cc(Cl)cc2Cl)c2nc(Cc3ccc(CC(=O)N4CCN(C)CC4)cc3)[nH]c(=O)c12. The van der Waals surface area contributed by atoms with Crippen molar-refractivity contribution in [3.8, 4) is 5.69 Å². The van der Waals surface area contributed by atoms with Crippen molar-refractivity contribution in [3.05, 3.63) is 84.5 Å². The molecule has 1 saturated heterocycles. The number of H-pyrrole nitrogens is 1. The predicted molar refractivity (Wildman–Crippen MR) is 156 cm³/mol. The minimum Gasteiger partial charge on any atom is -0.340 e. The van der Waals surface area contributed by atoms with Crippen LogP contribution in [0.25, 0.3) is 16.7 Å². The fraction of sp³-hybridized carbons (Fsp3) is 0.357. The molecule has 0 radical (unpaired) electrons. The van der Waals surface area contributed by atoms with Crippen LogP contribution in [0.3, 0.4) is 0 Å². The number of piperazine rings is 1.